The fourth-order valence-corrected chi connectivity index (χ4v) is 3.98. The molecule has 0 aliphatic carbocycles. The molecule has 174 valence electrons. The number of rotatable bonds is 7. The standard InChI is InChI=1S/C26H32FN5O/c1-3-28-26(30-17-25-29-16-24(33-25)21-8-4-19(2)5-9-21)31-23-12-14-32(15-13-23)18-20-6-10-22(27)11-7-20/h4-11,16,23H,3,12-15,17-18H2,1-2H3,(H2,28,30,31). The van der Waals surface area contributed by atoms with Gasteiger partial charge in [0.05, 0.1) is 6.20 Å². The number of aliphatic imine (C=N–C) groups is 1. The molecule has 2 heterocycles. The fourth-order valence-electron chi connectivity index (χ4n) is 3.98. The smallest absolute Gasteiger partial charge is 0.216 e. The highest BCUT2D eigenvalue weighted by Crippen LogP contribution is 2.21. The van der Waals surface area contributed by atoms with Crippen molar-refractivity contribution in [2.45, 2.75) is 45.8 Å². The van der Waals surface area contributed by atoms with Crippen molar-refractivity contribution in [2.75, 3.05) is 19.6 Å². The molecule has 1 aromatic heterocycles. The van der Waals surface area contributed by atoms with Crippen LogP contribution >= 0.6 is 0 Å². The van der Waals surface area contributed by atoms with Gasteiger partial charge in [0.15, 0.2) is 11.7 Å². The first kappa shape index (κ1) is 23.0. The minimum absolute atomic E-state index is 0.187. The Bertz CT molecular complexity index is 1040. The molecule has 1 aliphatic heterocycles. The predicted octanol–water partition coefficient (Wildman–Crippen LogP) is 4.51. The molecule has 1 fully saturated rings. The molecule has 0 amide bonds. The number of hydrogen-bond acceptors (Lipinski definition) is 4. The van der Waals surface area contributed by atoms with Crippen molar-refractivity contribution in [1.29, 1.82) is 0 Å². The molecule has 7 heteroatoms. The van der Waals surface area contributed by atoms with E-state index in [1.54, 1.807) is 6.20 Å². The number of benzene rings is 2. The highest BCUT2D eigenvalue weighted by atomic mass is 19.1. The van der Waals surface area contributed by atoms with Gasteiger partial charge >= 0.3 is 0 Å². The van der Waals surface area contributed by atoms with Crippen molar-refractivity contribution in [2.24, 2.45) is 4.99 Å². The maximum atomic E-state index is 13.1. The molecule has 0 atom stereocenters. The summed E-state index contributed by atoms with van der Waals surface area (Å²) in [7, 11) is 0. The van der Waals surface area contributed by atoms with Crippen LogP contribution in [0.25, 0.3) is 11.3 Å². The summed E-state index contributed by atoms with van der Waals surface area (Å²) in [6.07, 6.45) is 3.82. The molecule has 0 spiro atoms. The summed E-state index contributed by atoms with van der Waals surface area (Å²) in [6, 6.07) is 15.3. The third-order valence-electron chi connectivity index (χ3n) is 5.85. The molecular weight excluding hydrogens is 417 g/mol. The van der Waals surface area contributed by atoms with Crippen molar-refractivity contribution in [3.8, 4) is 11.3 Å². The topological polar surface area (TPSA) is 65.7 Å². The summed E-state index contributed by atoms with van der Waals surface area (Å²) < 4.78 is 19.0. The number of nitrogens with one attached hydrogen (secondary N) is 2. The van der Waals surface area contributed by atoms with E-state index in [9.17, 15) is 4.39 Å². The number of halogens is 1. The van der Waals surface area contributed by atoms with Crippen LogP contribution in [0.5, 0.6) is 0 Å². The second-order valence-corrected chi connectivity index (χ2v) is 8.50. The number of piperidine rings is 1. The zero-order chi connectivity index (χ0) is 23.0. The van der Waals surface area contributed by atoms with Crippen LogP contribution in [0.3, 0.4) is 0 Å². The summed E-state index contributed by atoms with van der Waals surface area (Å²) in [5.74, 6) is 1.95. The molecule has 0 bridgehead atoms. The van der Waals surface area contributed by atoms with E-state index in [0.29, 0.717) is 18.5 Å². The van der Waals surface area contributed by atoms with Gasteiger partial charge < -0.3 is 15.1 Å². The van der Waals surface area contributed by atoms with Crippen molar-refractivity contribution >= 4 is 5.96 Å². The van der Waals surface area contributed by atoms with Gasteiger partial charge in [-0.1, -0.05) is 42.0 Å². The lowest BCUT2D eigenvalue weighted by atomic mass is 10.0. The molecule has 33 heavy (non-hydrogen) atoms. The molecule has 2 N–H and O–H groups in total. The lowest BCUT2D eigenvalue weighted by Crippen LogP contribution is -2.48. The van der Waals surface area contributed by atoms with E-state index in [0.717, 1.165) is 61.9 Å². The van der Waals surface area contributed by atoms with Crippen LogP contribution in [0.15, 0.2) is 64.1 Å². The van der Waals surface area contributed by atoms with E-state index >= 15 is 0 Å². The highest BCUT2D eigenvalue weighted by Gasteiger charge is 2.20. The average Bonchev–Trinajstić information content (AvgIpc) is 3.30. The van der Waals surface area contributed by atoms with E-state index in [2.05, 4.69) is 51.5 Å². The fraction of sp³-hybridized carbons (Fsp3) is 0.385. The van der Waals surface area contributed by atoms with Gasteiger partial charge in [-0.05, 0) is 44.4 Å². The van der Waals surface area contributed by atoms with Crippen molar-refractivity contribution in [3.05, 3.63) is 77.6 Å². The van der Waals surface area contributed by atoms with Crippen molar-refractivity contribution in [3.63, 3.8) is 0 Å². The first-order chi connectivity index (χ1) is 16.1. The summed E-state index contributed by atoms with van der Waals surface area (Å²) in [4.78, 5) is 11.5. The molecule has 4 rings (SSSR count). The SMILES string of the molecule is CCNC(=NCc1ncc(-c2ccc(C)cc2)o1)NC1CCN(Cc2ccc(F)cc2)CC1. The average molecular weight is 450 g/mol. The minimum atomic E-state index is -0.187. The van der Waals surface area contributed by atoms with Crippen LogP contribution in [0.4, 0.5) is 4.39 Å². The number of likely N-dealkylation sites (tertiary alicyclic amines) is 1. The van der Waals surface area contributed by atoms with E-state index in [1.807, 2.05) is 24.3 Å². The molecule has 0 unspecified atom stereocenters. The summed E-state index contributed by atoms with van der Waals surface area (Å²) >= 11 is 0. The van der Waals surface area contributed by atoms with E-state index in [-0.39, 0.29) is 5.82 Å². The number of aryl methyl sites for hydroxylation is 1. The van der Waals surface area contributed by atoms with Gasteiger partial charge in [0.1, 0.15) is 12.4 Å². The minimum Gasteiger partial charge on any atom is -0.439 e. The quantitative estimate of drug-likeness (QED) is 0.410. The summed E-state index contributed by atoms with van der Waals surface area (Å²) in [5, 5.41) is 6.88. The van der Waals surface area contributed by atoms with Gasteiger partial charge in [0, 0.05) is 37.8 Å². The molecule has 3 aromatic rings. The number of guanidine groups is 1. The number of oxazole rings is 1. The van der Waals surface area contributed by atoms with Crippen LogP contribution in [0.1, 0.15) is 36.8 Å². The molecule has 1 saturated heterocycles. The molecule has 6 nitrogen and oxygen atoms in total. The molecule has 0 radical (unpaired) electrons. The zero-order valence-electron chi connectivity index (χ0n) is 19.4. The third kappa shape index (κ3) is 6.65. The van der Waals surface area contributed by atoms with Gasteiger partial charge in [-0.3, -0.25) is 4.90 Å². The maximum Gasteiger partial charge on any atom is 0.216 e. The van der Waals surface area contributed by atoms with E-state index < -0.39 is 0 Å². The largest absolute Gasteiger partial charge is 0.439 e. The van der Waals surface area contributed by atoms with Gasteiger partial charge in [-0.25, -0.2) is 14.4 Å². The highest BCUT2D eigenvalue weighted by molar-refractivity contribution is 5.80. The molecule has 1 aliphatic rings. The first-order valence-electron chi connectivity index (χ1n) is 11.6. The predicted molar refractivity (Wildman–Crippen MR) is 129 cm³/mol. The van der Waals surface area contributed by atoms with Crippen molar-refractivity contribution < 1.29 is 8.81 Å². The second-order valence-electron chi connectivity index (χ2n) is 8.50. The maximum absolute atomic E-state index is 13.1. The van der Waals surface area contributed by atoms with Crippen molar-refractivity contribution in [1.82, 2.24) is 20.5 Å². The Morgan fingerprint density at radius 3 is 2.55 bits per heavy atom. The van der Waals surface area contributed by atoms with Gasteiger partial charge in [-0.15, -0.1) is 0 Å². The Morgan fingerprint density at radius 2 is 1.85 bits per heavy atom. The monoisotopic (exact) mass is 449 g/mol. The Hall–Kier alpha value is -3.19. The van der Waals surface area contributed by atoms with Gasteiger partial charge in [-0.2, -0.15) is 0 Å². The van der Waals surface area contributed by atoms with Crippen LogP contribution < -0.4 is 10.6 Å². The van der Waals surface area contributed by atoms with Crippen LogP contribution in [-0.4, -0.2) is 41.5 Å². The number of aromatic nitrogens is 1. The third-order valence-corrected chi connectivity index (χ3v) is 5.85. The van der Waals surface area contributed by atoms with Gasteiger partial charge in [0.2, 0.25) is 5.89 Å². The zero-order valence-corrected chi connectivity index (χ0v) is 19.4. The molecule has 0 saturated carbocycles. The Balaban J connectivity index is 1.29. The van der Waals surface area contributed by atoms with Crippen LogP contribution in [-0.2, 0) is 13.1 Å². The van der Waals surface area contributed by atoms with E-state index in [1.165, 1.54) is 17.7 Å². The Kier molecular flexibility index (Phi) is 7.73. The van der Waals surface area contributed by atoms with Crippen LogP contribution in [0.2, 0.25) is 0 Å². The first-order valence-corrected chi connectivity index (χ1v) is 11.6. The molecular formula is C26H32FN5O. The normalized spacial score (nSPS) is 15.5. The van der Waals surface area contributed by atoms with Crippen LogP contribution in [0, 0.1) is 12.7 Å². The lowest BCUT2D eigenvalue weighted by molar-refractivity contribution is 0.198. The Labute approximate surface area is 194 Å². The van der Waals surface area contributed by atoms with Gasteiger partial charge in [0.25, 0.3) is 0 Å². The number of hydrogen-bond donors (Lipinski definition) is 2. The second kappa shape index (κ2) is 11.1. The molecule has 2 aromatic carbocycles. The lowest BCUT2D eigenvalue weighted by Gasteiger charge is -2.33. The summed E-state index contributed by atoms with van der Waals surface area (Å²) in [5.41, 5.74) is 3.38. The summed E-state index contributed by atoms with van der Waals surface area (Å²) in [6.45, 7) is 8.13. The van der Waals surface area contributed by atoms with E-state index in [4.69, 9.17) is 4.42 Å². The Morgan fingerprint density at radius 1 is 1.12 bits per heavy atom. The number of nitrogens with zero attached hydrogens (tertiary/aromatic N) is 3.